The van der Waals surface area contributed by atoms with Crippen LogP contribution in [0.4, 0.5) is 5.69 Å². The molecule has 0 saturated carbocycles. The summed E-state index contributed by atoms with van der Waals surface area (Å²) >= 11 is 1.38. The first-order valence-electron chi connectivity index (χ1n) is 8.38. The van der Waals surface area contributed by atoms with Crippen molar-refractivity contribution < 1.29 is 17.9 Å². The molecule has 0 aliphatic carbocycles. The predicted octanol–water partition coefficient (Wildman–Crippen LogP) is 2.49. The van der Waals surface area contributed by atoms with E-state index in [9.17, 15) is 13.2 Å². The second kappa shape index (κ2) is 7.37. The highest BCUT2D eigenvalue weighted by molar-refractivity contribution is 8.16. The van der Waals surface area contributed by atoms with Gasteiger partial charge in [0, 0.05) is 23.9 Å². The minimum atomic E-state index is -3.06. The van der Waals surface area contributed by atoms with E-state index in [0.29, 0.717) is 11.8 Å². The Morgan fingerprint density at radius 2 is 2.20 bits per heavy atom. The standard InChI is InChI=1S/C17H22N2O4S2/c1-3-4-8-23-14-7-5-6-13(9-14)19-15-10-25(21,22)11-16(15)24-17(19)18-12(2)20/h5-7,9,15-16H,3-4,8,10-11H2,1-2H3/t15-,16-/m0/s1. The molecule has 0 unspecified atom stereocenters. The molecule has 8 heteroatoms. The maximum Gasteiger partial charge on any atom is 0.244 e. The monoisotopic (exact) mass is 382 g/mol. The molecule has 2 heterocycles. The first-order chi connectivity index (χ1) is 11.9. The van der Waals surface area contributed by atoms with Gasteiger partial charge >= 0.3 is 0 Å². The predicted molar refractivity (Wildman–Crippen MR) is 101 cm³/mol. The zero-order chi connectivity index (χ0) is 18.0. The van der Waals surface area contributed by atoms with Crippen LogP contribution in [0.15, 0.2) is 29.3 Å². The van der Waals surface area contributed by atoms with Crippen molar-refractivity contribution in [3.63, 3.8) is 0 Å². The Bertz CT molecular complexity index is 792. The largest absolute Gasteiger partial charge is 0.494 e. The number of rotatable bonds is 5. The number of anilines is 1. The van der Waals surface area contributed by atoms with Gasteiger partial charge in [0.05, 0.1) is 24.2 Å². The van der Waals surface area contributed by atoms with E-state index in [1.54, 1.807) is 0 Å². The zero-order valence-electron chi connectivity index (χ0n) is 14.3. The van der Waals surface area contributed by atoms with Crippen molar-refractivity contribution in [2.24, 2.45) is 4.99 Å². The molecule has 0 bridgehead atoms. The summed E-state index contributed by atoms with van der Waals surface area (Å²) in [6, 6.07) is 7.35. The zero-order valence-corrected chi connectivity index (χ0v) is 16.0. The molecule has 2 atom stereocenters. The maximum atomic E-state index is 12.0. The lowest BCUT2D eigenvalue weighted by atomic mass is 10.2. The fourth-order valence-corrected chi connectivity index (χ4v) is 7.02. The average molecular weight is 383 g/mol. The Balaban J connectivity index is 1.91. The minimum Gasteiger partial charge on any atom is -0.494 e. The molecule has 25 heavy (non-hydrogen) atoms. The van der Waals surface area contributed by atoms with Crippen LogP contribution in [-0.4, -0.2) is 48.9 Å². The topological polar surface area (TPSA) is 76.0 Å². The normalized spacial score (nSPS) is 26.0. The number of fused-ring (bicyclic) bond motifs is 1. The first kappa shape index (κ1) is 18.3. The first-order valence-corrected chi connectivity index (χ1v) is 11.1. The third kappa shape index (κ3) is 4.17. The Hall–Kier alpha value is -1.54. The van der Waals surface area contributed by atoms with Crippen LogP contribution in [0.5, 0.6) is 5.75 Å². The molecule has 0 radical (unpaired) electrons. The quantitative estimate of drug-likeness (QED) is 0.728. The number of hydrogen-bond acceptors (Lipinski definition) is 5. The van der Waals surface area contributed by atoms with Crippen molar-refractivity contribution in [2.75, 3.05) is 23.0 Å². The number of unbranched alkanes of at least 4 members (excludes halogenated alkanes) is 1. The average Bonchev–Trinajstić information content (AvgIpc) is 2.98. The van der Waals surface area contributed by atoms with Gasteiger partial charge in [-0.2, -0.15) is 4.99 Å². The Labute approximate surface area is 152 Å². The van der Waals surface area contributed by atoms with Crippen LogP contribution in [0, 0.1) is 0 Å². The third-order valence-corrected chi connectivity index (χ3v) is 7.39. The molecule has 1 aromatic rings. The van der Waals surface area contributed by atoms with Gasteiger partial charge in [0.1, 0.15) is 5.75 Å². The highest BCUT2D eigenvalue weighted by Gasteiger charge is 2.49. The molecule has 6 nitrogen and oxygen atoms in total. The van der Waals surface area contributed by atoms with E-state index in [2.05, 4.69) is 11.9 Å². The summed E-state index contributed by atoms with van der Waals surface area (Å²) < 4.78 is 29.8. The number of amides is 1. The van der Waals surface area contributed by atoms with Crippen molar-refractivity contribution in [2.45, 2.75) is 38.0 Å². The van der Waals surface area contributed by atoms with Crippen molar-refractivity contribution in [1.29, 1.82) is 0 Å². The van der Waals surface area contributed by atoms with Gasteiger partial charge in [-0.15, -0.1) is 0 Å². The van der Waals surface area contributed by atoms with Crippen LogP contribution in [-0.2, 0) is 14.6 Å². The van der Waals surface area contributed by atoms with Crippen LogP contribution in [0.1, 0.15) is 26.7 Å². The van der Waals surface area contributed by atoms with Crippen molar-refractivity contribution >= 4 is 38.4 Å². The van der Waals surface area contributed by atoms with E-state index < -0.39 is 9.84 Å². The van der Waals surface area contributed by atoms with Crippen LogP contribution in [0.2, 0.25) is 0 Å². The number of nitrogens with zero attached hydrogens (tertiary/aromatic N) is 2. The molecule has 136 valence electrons. The van der Waals surface area contributed by atoms with Crippen LogP contribution in [0.3, 0.4) is 0 Å². The summed E-state index contributed by atoms with van der Waals surface area (Å²) in [5.41, 5.74) is 0.811. The van der Waals surface area contributed by atoms with Crippen molar-refractivity contribution in [3.05, 3.63) is 24.3 Å². The molecule has 3 rings (SSSR count). The molecule has 1 aromatic carbocycles. The second-order valence-electron chi connectivity index (χ2n) is 6.28. The second-order valence-corrected chi connectivity index (χ2v) is 9.64. The lowest BCUT2D eigenvalue weighted by Crippen LogP contribution is -2.37. The van der Waals surface area contributed by atoms with Gasteiger partial charge in [0.15, 0.2) is 15.0 Å². The number of aliphatic imine (C=N–C) groups is 1. The number of sulfone groups is 1. The molecule has 2 aliphatic heterocycles. The smallest absolute Gasteiger partial charge is 0.244 e. The van der Waals surface area contributed by atoms with Crippen LogP contribution < -0.4 is 9.64 Å². The molecule has 2 fully saturated rings. The number of carbonyl (C=O) groups excluding carboxylic acids is 1. The van der Waals surface area contributed by atoms with Crippen LogP contribution in [0.25, 0.3) is 0 Å². The number of hydrogen-bond donors (Lipinski definition) is 0. The summed E-state index contributed by atoms with van der Waals surface area (Å²) in [6.07, 6.45) is 2.03. The Kier molecular flexibility index (Phi) is 5.38. The molecule has 1 amide bonds. The molecule has 0 spiro atoms. The van der Waals surface area contributed by atoms with E-state index in [1.807, 2.05) is 29.2 Å². The Morgan fingerprint density at radius 1 is 1.40 bits per heavy atom. The highest BCUT2D eigenvalue weighted by atomic mass is 32.2. The van der Waals surface area contributed by atoms with Crippen molar-refractivity contribution in [3.8, 4) is 5.75 Å². The maximum absolute atomic E-state index is 12.0. The molecule has 0 aromatic heterocycles. The summed E-state index contributed by atoms with van der Waals surface area (Å²) in [7, 11) is -3.06. The van der Waals surface area contributed by atoms with Gasteiger partial charge in [0.25, 0.3) is 0 Å². The highest BCUT2D eigenvalue weighted by Crippen LogP contribution is 2.41. The molecule has 0 N–H and O–H groups in total. The summed E-state index contributed by atoms with van der Waals surface area (Å²) in [4.78, 5) is 17.5. The third-order valence-electron chi connectivity index (χ3n) is 4.18. The lowest BCUT2D eigenvalue weighted by Gasteiger charge is -2.24. The number of benzene rings is 1. The summed E-state index contributed by atoms with van der Waals surface area (Å²) in [5, 5.41) is 0.482. The van der Waals surface area contributed by atoms with E-state index in [0.717, 1.165) is 24.3 Å². The Morgan fingerprint density at radius 3 is 2.92 bits per heavy atom. The molecular formula is C17H22N2O4S2. The minimum absolute atomic E-state index is 0.0858. The van der Waals surface area contributed by atoms with Gasteiger partial charge < -0.3 is 9.64 Å². The van der Waals surface area contributed by atoms with E-state index in [1.165, 1.54) is 18.7 Å². The van der Waals surface area contributed by atoms with Crippen LogP contribution >= 0.6 is 11.8 Å². The number of thioether (sulfide) groups is 1. The molecule has 2 aliphatic rings. The number of amidine groups is 1. The van der Waals surface area contributed by atoms with E-state index >= 15 is 0 Å². The van der Waals surface area contributed by atoms with Crippen molar-refractivity contribution in [1.82, 2.24) is 0 Å². The van der Waals surface area contributed by atoms with Gasteiger partial charge in [0.2, 0.25) is 5.91 Å². The van der Waals surface area contributed by atoms with Gasteiger partial charge in [-0.1, -0.05) is 31.2 Å². The summed E-state index contributed by atoms with van der Waals surface area (Å²) in [5.74, 6) is 0.665. The molecular weight excluding hydrogens is 360 g/mol. The SMILES string of the molecule is CCCCOc1cccc(N2C(=NC(C)=O)S[C@H]3CS(=O)(=O)C[C@@H]32)c1. The fraction of sp³-hybridized carbons (Fsp3) is 0.529. The van der Waals surface area contributed by atoms with Gasteiger partial charge in [-0.25, -0.2) is 8.42 Å². The van der Waals surface area contributed by atoms with E-state index in [-0.39, 0.29) is 28.7 Å². The number of ether oxygens (including phenoxy) is 1. The summed E-state index contributed by atoms with van der Waals surface area (Å²) in [6.45, 7) is 4.15. The molecule has 2 saturated heterocycles. The lowest BCUT2D eigenvalue weighted by molar-refractivity contribution is -0.115. The van der Waals surface area contributed by atoms with E-state index in [4.69, 9.17) is 4.74 Å². The number of carbonyl (C=O) groups is 1. The fourth-order valence-electron chi connectivity index (χ4n) is 3.06. The van der Waals surface area contributed by atoms with Gasteiger partial charge in [-0.05, 0) is 18.6 Å². The van der Waals surface area contributed by atoms with Gasteiger partial charge in [-0.3, -0.25) is 4.79 Å².